The highest BCUT2D eigenvalue weighted by molar-refractivity contribution is 9.15. The average Bonchev–Trinajstić information content (AvgIpc) is 2.98. The Bertz CT molecular complexity index is 1410. The van der Waals surface area contributed by atoms with Crippen LogP contribution in [0.4, 0.5) is 0 Å². The molecular weight excluding hydrogens is 1360 g/mol. The molecule has 16 heteroatoms. The molecule has 0 atom stereocenters. The van der Waals surface area contributed by atoms with Gasteiger partial charge in [0.2, 0.25) is 12.6 Å². The Morgan fingerprint density at radius 2 is 0.500 bits per heavy atom. The lowest BCUT2D eigenvalue weighted by Gasteiger charge is -2.19. The van der Waals surface area contributed by atoms with Crippen molar-refractivity contribution in [3.05, 3.63) is 102 Å². The monoisotopic (exact) mass is 1360 g/mol. The van der Waals surface area contributed by atoms with Crippen LogP contribution in [0.5, 0.6) is 23.0 Å². The Labute approximate surface area is 356 Å². The SMILES string of the molecule is CC(Oc1ccc(Br)c(Br)c1Br)Oc1ccc(Br)c(Br)c1Br.CC(Oc1ccc(Br)c(Br)c1Br)Oc1ccc(Br)c(Br)c1Br. The third-order valence-electron chi connectivity index (χ3n) is 5.17. The number of hydrogen-bond acceptors (Lipinski definition) is 4. The summed E-state index contributed by atoms with van der Waals surface area (Å²) in [5.41, 5.74) is 0. The molecule has 0 radical (unpaired) electrons. The highest BCUT2D eigenvalue weighted by Crippen LogP contribution is 2.42. The van der Waals surface area contributed by atoms with Crippen LogP contribution >= 0.6 is 191 Å². The van der Waals surface area contributed by atoms with Crippen LogP contribution in [0.3, 0.4) is 0 Å². The van der Waals surface area contributed by atoms with Crippen molar-refractivity contribution in [2.45, 2.75) is 26.4 Å². The van der Waals surface area contributed by atoms with E-state index >= 15 is 0 Å². The summed E-state index contributed by atoms with van der Waals surface area (Å²) in [6.45, 7) is 3.68. The van der Waals surface area contributed by atoms with Crippen molar-refractivity contribution in [1.29, 1.82) is 0 Å². The van der Waals surface area contributed by atoms with Crippen molar-refractivity contribution in [1.82, 2.24) is 0 Å². The molecule has 0 aliphatic carbocycles. The first kappa shape index (κ1) is 40.3. The molecule has 0 N–H and O–H groups in total. The Hall–Kier alpha value is 1.84. The minimum Gasteiger partial charge on any atom is -0.454 e. The third kappa shape index (κ3) is 10.9. The van der Waals surface area contributed by atoms with E-state index in [1.807, 2.05) is 62.4 Å². The first-order valence-electron chi connectivity index (χ1n) is 11.8. The van der Waals surface area contributed by atoms with Crippen molar-refractivity contribution in [2.24, 2.45) is 0 Å². The lowest BCUT2D eigenvalue weighted by molar-refractivity contribution is 0.0205. The van der Waals surface area contributed by atoms with Crippen molar-refractivity contribution in [3.63, 3.8) is 0 Å². The molecule has 0 saturated heterocycles. The molecule has 0 aromatic heterocycles. The molecule has 0 fully saturated rings. The molecule has 0 saturated carbocycles. The quantitative estimate of drug-likeness (QED) is 0.130. The molecule has 4 aromatic carbocycles. The number of ether oxygens (including phenoxy) is 4. The van der Waals surface area contributed by atoms with Crippen LogP contribution in [-0.4, -0.2) is 12.6 Å². The molecule has 4 aromatic rings. The summed E-state index contributed by atoms with van der Waals surface area (Å²) in [4.78, 5) is 0. The minimum absolute atomic E-state index is 0.464. The van der Waals surface area contributed by atoms with Gasteiger partial charge in [0, 0.05) is 49.6 Å². The van der Waals surface area contributed by atoms with E-state index in [4.69, 9.17) is 18.9 Å². The van der Waals surface area contributed by atoms with E-state index in [-0.39, 0.29) is 0 Å². The number of halogens is 12. The summed E-state index contributed by atoms with van der Waals surface area (Å²) in [5.74, 6) is 2.76. The zero-order chi connectivity index (χ0) is 32.9. The van der Waals surface area contributed by atoms with Crippen LogP contribution < -0.4 is 18.9 Å². The van der Waals surface area contributed by atoms with Crippen molar-refractivity contribution >= 4 is 191 Å². The second-order valence-electron chi connectivity index (χ2n) is 8.30. The summed E-state index contributed by atoms with van der Waals surface area (Å²) < 4.78 is 34.0. The van der Waals surface area contributed by atoms with Crippen LogP contribution in [0, 0.1) is 0 Å². The first-order valence-corrected chi connectivity index (χ1v) is 21.3. The van der Waals surface area contributed by atoms with Gasteiger partial charge in [0.15, 0.2) is 0 Å². The summed E-state index contributed by atoms with van der Waals surface area (Å²) in [5, 5.41) is 0. The number of hydrogen-bond donors (Lipinski definition) is 0. The largest absolute Gasteiger partial charge is 0.454 e. The normalized spacial score (nSPS) is 10.9. The van der Waals surface area contributed by atoms with E-state index in [0.29, 0.717) is 23.0 Å². The predicted molar refractivity (Wildman–Crippen MR) is 220 cm³/mol. The lowest BCUT2D eigenvalue weighted by Crippen LogP contribution is -2.20. The third-order valence-corrected chi connectivity index (χ3v) is 18.5. The molecule has 0 unspecified atom stereocenters. The molecule has 44 heavy (non-hydrogen) atoms. The summed E-state index contributed by atoms with van der Waals surface area (Å²) >= 11 is 41.7. The van der Waals surface area contributed by atoms with Gasteiger partial charge in [-0.3, -0.25) is 0 Å². The predicted octanol–water partition coefficient (Wildman–Crippen LogP) is 16.1. The zero-order valence-electron chi connectivity index (χ0n) is 21.9. The second-order valence-corrected chi connectivity index (χ2v) is 18.1. The van der Waals surface area contributed by atoms with Crippen molar-refractivity contribution in [2.75, 3.05) is 0 Å². The van der Waals surface area contributed by atoms with Gasteiger partial charge in [-0.25, -0.2) is 0 Å². The van der Waals surface area contributed by atoms with E-state index < -0.39 is 12.6 Å². The molecule has 4 rings (SSSR count). The molecule has 0 heterocycles. The Balaban J connectivity index is 0.000000240. The molecule has 0 amide bonds. The van der Waals surface area contributed by atoms with Gasteiger partial charge in [0.25, 0.3) is 0 Å². The number of rotatable bonds is 8. The van der Waals surface area contributed by atoms with Gasteiger partial charge in [-0.15, -0.1) is 0 Å². The highest BCUT2D eigenvalue weighted by Gasteiger charge is 2.17. The van der Waals surface area contributed by atoms with Gasteiger partial charge in [-0.2, -0.15) is 0 Å². The molecule has 0 bridgehead atoms. The fraction of sp³-hybridized carbons (Fsp3) is 0.143. The van der Waals surface area contributed by atoms with Crippen LogP contribution in [0.1, 0.15) is 13.8 Å². The lowest BCUT2D eigenvalue weighted by atomic mass is 10.3. The minimum atomic E-state index is -0.464. The van der Waals surface area contributed by atoms with Crippen molar-refractivity contribution in [3.8, 4) is 23.0 Å². The molecule has 0 aliphatic heterocycles. The van der Waals surface area contributed by atoms with E-state index in [9.17, 15) is 0 Å². The van der Waals surface area contributed by atoms with Crippen LogP contribution in [-0.2, 0) is 0 Å². The van der Waals surface area contributed by atoms with Gasteiger partial charge in [0.1, 0.15) is 23.0 Å². The van der Waals surface area contributed by atoms with Gasteiger partial charge in [0.05, 0.1) is 17.9 Å². The van der Waals surface area contributed by atoms with E-state index in [1.165, 1.54) is 0 Å². The summed E-state index contributed by atoms with van der Waals surface area (Å²) in [7, 11) is 0. The van der Waals surface area contributed by atoms with Gasteiger partial charge < -0.3 is 18.9 Å². The van der Waals surface area contributed by atoms with E-state index in [1.54, 1.807) is 0 Å². The first-order chi connectivity index (χ1) is 20.6. The maximum atomic E-state index is 5.84. The topological polar surface area (TPSA) is 36.9 Å². The summed E-state index contributed by atoms with van der Waals surface area (Å²) in [6.07, 6.45) is -0.928. The van der Waals surface area contributed by atoms with Crippen LogP contribution in [0.25, 0.3) is 0 Å². The van der Waals surface area contributed by atoms with Crippen LogP contribution in [0.2, 0.25) is 0 Å². The Morgan fingerprint density at radius 1 is 0.318 bits per heavy atom. The maximum absolute atomic E-state index is 5.84. The Kier molecular flexibility index (Phi) is 17.1. The zero-order valence-corrected chi connectivity index (χ0v) is 41.0. The van der Waals surface area contributed by atoms with Gasteiger partial charge in [-0.05, 0) is 240 Å². The van der Waals surface area contributed by atoms with Gasteiger partial charge >= 0.3 is 0 Å². The smallest absolute Gasteiger partial charge is 0.238 e. The maximum Gasteiger partial charge on any atom is 0.238 e. The molecule has 0 spiro atoms. The Morgan fingerprint density at radius 3 is 0.682 bits per heavy atom. The number of benzene rings is 4. The highest BCUT2D eigenvalue weighted by atomic mass is 79.9. The van der Waals surface area contributed by atoms with Crippen molar-refractivity contribution < 1.29 is 18.9 Å². The van der Waals surface area contributed by atoms with E-state index in [2.05, 4.69) is 191 Å². The average molecular weight is 1380 g/mol. The fourth-order valence-corrected chi connectivity index (χ4v) is 8.61. The molecular formula is C28H16Br12O4. The standard InChI is InChI=1S/2C14H8Br6O2/c2*1-6(21-9-4-2-7(15)11(17)13(9)19)22-10-5-3-8(16)12(18)14(10)20/h2*2-6H,1H3. The summed E-state index contributed by atoms with van der Waals surface area (Å²) in [6, 6.07) is 15.1. The van der Waals surface area contributed by atoms with Crippen LogP contribution in [0.15, 0.2) is 102 Å². The molecule has 236 valence electrons. The second kappa shape index (κ2) is 18.7. The molecule has 4 nitrogen and oxygen atoms in total. The van der Waals surface area contributed by atoms with E-state index in [0.717, 1.165) is 53.7 Å². The fourth-order valence-electron chi connectivity index (χ4n) is 3.16. The van der Waals surface area contributed by atoms with Gasteiger partial charge in [-0.1, -0.05) is 0 Å². The molecule has 0 aliphatic rings.